The third kappa shape index (κ3) is 3.91. The maximum atomic E-state index is 12.7. The van der Waals surface area contributed by atoms with Crippen LogP contribution < -0.4 is 15.7 Å². The summed E-state index contributed by atoms with van der Waals surface area (Å²) in [5.74, 6) is -0.915. The number of phenolic OH excluding ortho intramolecular Hbond substituents is 1. The molecule has 3 aromatic rings. The van der Waals surface area contributed by atoms with Crippen LogP contribution in [0.25, 0.3) is 10.9 Å². The fourth-order valence-electron chi connectivity index (χ4n) is 3.01. The average molecular weight is 395 g/mol. The van der Waals surface area contributed by atoms with Crippen LogP contribution in [0.5, 0.6) is 17.2 Å². The first kappa shape index (κ1) is 19.9. The second-order valence-corrected chi connectivity index (χ2v) is 6.15. The minimum absolute atomic E-state index is 0.00534. The molecule has 0 saturated carbocycles. The molecule has 1 heterocycles. The first-order valence-corrected chi connectivity index (χ1v) is 9.11. The summed E-state index contributed by atoms with van der Waals surface area (Å²) in [6.07, 6.45) is 1.34. The fourth-order valence-corrected chi connectivity index (χ4v) is 3.01. The molecule has 0 aliphatic carbocycles. The van der Waals surface area contributed by atoms with Crippen molar-refractivity contribution in [2.24, 2.45) is 5.10 Å². The number of amides is 1. The highest BCUT2D eigenvalue weighted by Crippen LogP contribution is 2.27. The summed E-state index contributed by atoms with van der Waals surface area (Å²) in [6.45, 7) is 4.30. The van der Waals surface area contributed by atoms with Gasteiger partial charge in [0.15, 0.2) is 11.5 Å². The van der Waals surface area contributed by atoms with E-state index in [0.29, 0.717) is 35.4 Å². The summed E-state index contributed by atoms with van der Waals surface area (Å²) in [4.78, 5) is 25.3. The number of fused-ring (bicyclic) bond motifs is 1. The SMILES string of the molecule is CCOc1cc(/C=N\NC(=O)c2c(O)c3ccccc3n(CC)c2=O)ccc1O. The highest BCUT2D eigenvalue weighted by Gasteiger charge is 2.21. The number of pyridine rings is 1. The summed E-state index contributed by atoms with van der Waals surface area (Å²) in [5.41, 5.74) is 2.41. The Hall–Kier alpha value is -3.81. The molecule has 2 aromatic carbocycles. The predicted molar refractivity (Wildman–Crippen MR) is 110 cm³/mol. The van der Waals surface area contributed by atoms with Crippen molar-refractivity contribution in [1.29, 1.82) is 0 Å². The number of hydrogen-bond acceptors (Lipinski definition) is 6. The summed E-state index contributed by atoms with van der Waals surface area (Å²) in [6, 6.07) is 11.4. The molecule has 0 aliphatic rings. The van der Waals surface area contributed by atoms with Gasteiger partial charge in [0.2, 0.25) is 0 Å². The Labute approximate surface area is 166 Å². The molecule has 1 amide bonds. The van der Waals surface area contributed by atoms with Crippen molar-refractivity contribution in [3.8, 4) is 17.2 Å². The molecule has 0 radical (unpaired) electrons. The number of hydrogen-bond donors (Lipinski definition) is 3. The molecular weight excluding hydrogens is 374 g/mol. The van der Waals surface area contributed by atoms with Crippen LogP contribution in [0.1, 0.15) is 29.8 Å². The number of benzene rings is 2. The normalized spacial score (nSPS) is 11.1. The van der Waals surface area contributed by atoms with Gasteiger partial charge in [-0.3, -0.25) is 9.59 Å². The Morgan fingerprint density at radius 3 is 2.69 bits per heavy atom. The molecule has 3 N–H and O–H groups in total. The van der Waals surface area contributed by atoms with Crippen LogP contribution in [0.3, 0.4) is 0 Å². The highest BCUT2D eigenvalue weighted by atomic mass is 16.5. The van der Waals surface area contributed by atoms with Crippen LogP contribution in [-0.2, 0) is 6.54 Å². The fraction of sp³-hybridized carbons (Fsp3) is 0.190. The van der Waals surface area contributed by atoms with Crippen LogP contribution in [0, 0.1) is 0 Å². The molecule has 3 rings (SSSR count). The van der Waals surface area contributed by atoms with Gasteiger partial charge < -0.3 is 19.5 Å². The Balaban J connectivity index is 1.90. The monoisotopic (exact) mass is 395 g/mol. The Bertz CT molecular complexity index is 1150. The molecule has 8 nitrogen and oxygen atoms in total. The van der Waals surface area contributed by atoms with E-state index >= 15 is 0 Å². The molecular formula is C21H21N3O5. The number of phenols is 1. The molecule has 29 heavy (non-hydrogen) atoms. The lowest BCUT2D eigenvalue weighted by Gasteiger charge is -2.12. The van der Waals surface area contributed by atoms with Crippen molar-refractivity contribution < 1.29 is 19.7 Å². The van der Waals surface area contributed by atoms with E-state index in [1.54, 1.807) is 50.2 Å². The number of para-hydroxylation sites is 1. The van der Waals surface area contributed by atoms with Gasteiger partial charge in [-0.15, -0.1) is 0 Å². The topological polar surface area (TPSA) is 113 Å². The van der Waals surface area contributed by atoms with E-state index in [9.17, 15) is 19.8 Å². The lowest BCUT2D eigenvalue weighted by Crippen LogP contribution is -2.31. The van der Waals surface area contributed by atoms with Crippen molar-refractivity contribution >= 4 is 23.0 Å². The third-order valence-electron chi connectivity index (χ3n) is 4.35. The number of carbonyl (C=O) groups is 1. The van der Waals surface area contributed by atoms with Crippen molar-refractivity contribution in [2.75, 3.05) is 6.61 Å². The third-order valence-corrected chi connectivity index (χ3v) is 4.35. The molecule has 0 bridgehead atoms. The van der Waals surface area contributed by atoms with E-state index < -0.39 is 11.5 Å². The predicted octanol–water partition coefficient (Wildman–Crippen LogP) is 2.60. The van der Waals surface area contributed by atoms with Gasteiger partial charge in [0.05, 0.1) is 18.3 Å². The Morgan fingerprint density at radius 2 is 1.97 bits per heavy atom. The lowest BCUT2D eigenvalue weighted by molar-refractivity contribution is 0.0950. The quantitative estimate of drug-likeness (QED) is 0.439. The lowest BCUT2D eigenvalue weighted by atomic mass is 10.1. The summed E-state index contributed by atoms with van der Waals surface area (Å²) in [7, 11) is 0. The van der Waals surface area contributed by atoms with Crippen molar-refractivity contribution in [2.45, 2.75) is 20.4 Å². The second-order valence-electron chi connectivity index (χ2n) is 6.15. The summed E-state index contributed by atoms with van der Waals surface area (Å²) >= 11 is 0. The molecule has 8 heteroatoms. The van der Waals surface area contributed by atoms with Gasteiger partial charge in [-0.2, -0.15) is 5.10 Å². The van der Waals surface area contributed by atoms with Crippen LogP contribution in [0.15, 0.2) is 52.4 Å². The minimum Gasteiger partial charge on any atom is -0.506 e. The Kier molecular flexibility index (Phi) is 5.82. The largest absolute Gasteiger partial charge is 0.506 e. The van der Waals surface area contributed by atoms with Gasteiger partial charge in [0, 0.05) is 11.9 Å². The van der Waals surface area contributed by atoms with Crippen LogP contribution in [-0.4, -0.2) is 33.5 Å². The molecule has 0 spiro atoms. The number of nitrogens with one attached hydrogen (secondary N) is 1. The van der Waals surface area contributed by atoms with Crippen LogP contribution >= 0.6 is 0 Å². The van der Waals surface area contributed by atoms with E-state index in [1.807, 2.05) is 0 Å². The molecule has 0 unspecified atom stereocenters. The van der Waals surface area contributed by atoms with Crippen LogP contribution in [0.4, 0.5) is 0 Å². The number of hydrazone groups is 1. The number of aromatic hydroxyl groups is 2. The Morgan fingerprint density at radius 1 is 1.21 bits per heavy atom. The summed E-state index contributed by atoms with van der Waals surface area (Å²) in [5, 5.41) is 24.5. The number of nitrogens with zero attached hydrogens (tertiary/aromatic N) is 2. The van der Waals surface area contributed by atoms with Crippen molar-refractivity contribution in [3.05, 3.63) is 63.9 Å². The number of carbonyl (C=O) groups excluding carboxylic acids is 1. The van der Waals surface area contributed by atoms with Gasteiger partial charge >= 0.3 is 0 Å². The van der Waals surface area contributed by atoms with E-state index in [1.165, 1.54) is 16.8 Å². The highest BCUT2D eigenvalue weighted by molar-refractivity contribution is 6.02. The number of ether oxygens (including phenoxy) is 1. The zero-order valence-electron chi connectivity index (χ0n) is 16.0. The van der Waals surface area contributed by atoms with Gasteiger partial charge in [-0.1, -0.05) is 12.1 Å². The first-order chi connectivity index (χ1) is 14.0. The van der Waals surface area contributed by atoms with E-state index in [0.717, 1.165) is 0 Å². The first-order valence-electron chi connectivity index (χ1n) is 9.11. The van der Waals surface area contributed by atoms with Gasteiger partial charge in [-0.25, -0.2) is 5.43 Å². The molecule has 150 valence electrons. The van der Waals surface area contributed by atoms with E-state index in [-0.39, 0.29) is 17.1 Å². The van der Waals surface area contributed by atoms with Gasteiger partial charge in [0.1, 0.15) is 11.3 Å². The van der Waals surface area contributed by atoms with Crippen molar-refractivity contribution in [3.63, 3.8) is 0 Å². The van der Waals surface area contributed by atoms with Crippen LogP contribution in [0.2, 0.25) is 0 Å². The minimum atomic E-state index is -0.819. The molecule has 0 atom stereocenters. The number of rotatable bonds is 6. The standard InChI is InChI=1S/C21H21N3O5/c1-3-24-15-8-6-5-7-14(15)19(26)18(21(24)28)20(27)23-22-12-13-9-10-16(25)17(11-13)29-4-2/h5-12,25-26H,3-4H2,1-2H3,(H,23,27)/b22-12-. The maximum Gasteiger partial charge on any atom is 0.280 e. The van der Waals surface area contributed by atoms with Gasteiger partial charge in [-0.05, 0) is 49.7 Å². The smallest absolute Gasteiger partial charge is 0.280 e. The molecule has 0 fully saturated rings. The molecule has 0 saturated heterocycles. The number of aromatic nitrogens is 1. The van der Waals surface area contributed by atoms with Crippen molar-refractivity contribution in [1.82, 2.24) is 9.99 Å². The maximum absolute atomic E-state index is 12.7. The van der Waals surface area contributed by atoms with Gasteiger partial charge in [0.25, 0.3) is 11.5 Å². The number of aryl methyl sites for hydroxylation is 1. The zero-order valence-corrected chi connectivity index (χ0v) is 16.0. The molecule has 0 aliphatic heterocycles. The zero-order chi connectivity index (χ0) is 21.0. The second kappa shape index (κ2) is 8.47. The van der Waals surface area contributed by atoms with E-state index in [4.69, 9.17) is 4.74 Å². The summed E-state index contributed by atoms with van der Waals surface area (Å²) < 4.78 is 6.71. The molecule has 1 aromatic heterocycles. The van der Waals surface area contributed by atoms with E-state index in [2.05, 4.69) is 10.5 Å². The average Bonchev–Trinajstić information content (AvgIpc) is 2.71.